The van der Waals surface area contributed by atoms with Gasteiger partial charge in [-0.3, -0.25) is 4.79 Å². The first kappa shape index (κ1) is 21.4. The molecular formula is C23H25Cl2N3O. The number of nitrogens with zero attached hydrogens (tertiary/aromatic N) is 2. The summed E-state index contributed by atoms with van der Waals surface area (Å²) in [6.45, 7) is 9.80. The lowest BCUT2D eigenvalue weighted by atomic mass is 9.88. The van der Waals surface area contributed by atoms with Crippen LogP contribution >= 0.6 is 23.2 Å². The van der Waals surface area contributed by atoms with Crippen LogP contribution in [0.25, 0.3) is 5.57 Å². The molecule has 1 aliphatic heterocycles. The van der Waals surface area contributed by atoms with Gasteiger partial charge in [0.1, 0.15) is 0 Å². The molecule has 1 heterocycles. The molecule has 0 bridgehead atoms. The molecule has 1 aliphatic rings. The van der Waals surface area contributed by atoms with E-state index in [1.54, 1.807) is 18.3 Å². The summed E-state index contributed by atoms with van der Waals surface area (Å²) in [7, 11) is 0. The van der Waals surface area contributed by atoms with Crippen LogP contribution in [0.2, 0.25) is 10.0 Å². The predicted octanol–water partition coefficient (Wildman–Crippen LogP) is 6.17. The zero-order valence-electron chi connectivity index (χ0n) is 17.1. The van der Waals surface area contributed by atoms with Gasteiger partial charge in [0, 0.05) is 22.8 Å². The molecule has 0 radical (unpaired) electrons. The number of hydrogen-bond acceptors (Lipinski definition) is 3. The van der Waals surface area contributed by atoms with E-state index in [4.69, 9.17) is 23.2 Å². The molecule has 2 aromatic rings. The molecule has 3 rings (SSSR count). The Balaban J connectivity index is 1.79. The molecule has 152 valence electrons. The third-order valence-electron chi connectivity index (χ3n) is 5.00. The van der Waals surface area contributed by atoms with Gasteiger partial charge in [0.25, 0.3) is 5.91 Å². The van der Waals surface area contributed by atoms with E-state index in [9.17, 15) is 4.79 Å². The minimum atomic E-state index is -0.382. The summed E-state index contributed by atoms with van der Waals surface area (Å²) in [5.74, 6) is -0.382. The van der Waals surface area contributed by atoms with Crippen molar-refractivity contribution >= 4 is 46.6 Å². The first-order valence-corrected chi connectivity index (χ1v) is 10.4. The average Bonchev–Trinajstić information content (AvgIpc) is 2.64. The molecule has 0 unspecified atom stereocenters. The Morgan fingerprint density at radius 2 is 1.97 bits per heavy atom. The summed E-state index contributed by atoms with van der Waals surface area (Å²) < 4.78 is 0. The molecule has 0 saturated heterocycles. The normalized spacial score (nSPS) is 15.2. The SMILES string of the molecule is CCCN1c2ccc(/C=N\NC(=O)c3ccc(Cl)cc3Cl)cc2C(C)=CC1(C)C. The van der Waals surface area contributed by atoms with E-state index >= 15 is 0 Å². The van der Waals surface area contributed by atoms with Crippen molar-refractivity contribution in [2.75, 3.05) is 11.4 Å². The van der Waals surface area contributed by atoms with Crippen LogP contribution in [0.5, 0.6) is 0 Å². The molecule has 29 heavy (non-hydrogen) atoms. The van der Waals surface area contributed by atoms with Gasteiger partial charge >= 0.3 is 0 Å². The van der Waals surface area contributed by atoms with E-state index in [1.165, 1.54) is 22.9 Å². The van der Waals surface area contributed by atoms with E-state index in [0.29, 0.717) is 15.6 Å². The smallest absolute Gasteiger partial charge is 0.272 e. The van der Waals surface area contributed by atoms with Crippen LogP contribution in [0, 0.1) is 0 Å². The zero-order valence-corrected chi connectivity index (χ0v) is 18.6. The van der Waals surface area contributed by atoms with E-state index in [0.717, 1.165) is 18.5 Å². The van der Waals surface area contributed by atoms with Crippen LogP contribution in [0.4, 0.5) is 5.69 Å². The summed E-state index contributed by atoms with van der Waals surface area (Å²) >= 11 is 11.9. The highest BCUT2D eigenvalue weighted by Crippen LogP contribution is 2.39. The number of nitrogens with one attached hydrogen (secondary N) is 1. The van der Waals surface area contributed by atoms with Crippen LogP contribution in [0.3, 0.4) is 0 Å². The quantitative estimate of drug-likeness (QED) is 0.456. The minimum absolute atomic E-state index is 0.0193. The van der Waals surface area contributed by atoms with Crippen molar-refractivity contribution in [3.63, 3.8) is 0 Å². The van der Waals surface area contributed by atoms with Crippen molar-refractivity contribution in [3.8, 4) is 0 Å². The molecule has 0 fully saturated rings. The molecule has 0 atom stereocenters. The lowest BCUT2D eigenvalue weighted by Gasteiger charge is -2.43. The van der Waals surface area contributed by atoms with Gasteiger partial charge in [-0.05, 0) is 68.7 Å². The fourth-order valence-corrected chi connectivity index (χ4v) is 4.21. The third-order valence-corrected chi connectivity index (χ3v) is 5.55. The summed E-state index contributed by atoms with van der Waals surface area (Å²) in [6.07, 6.45) is 5.02. The van der Waals surface area contributed by atoms with Crippen molar-refractivity contribution in [3.05, 3.63) is 69.2 Å². The van der Waals surface area contributed by atoms with Crippen molar-refractivity contribution in [1.29, 1.82) is 0 Å². The van der Waals surface area contributed by atoms with Gasteiger partial charge in [-0.25, -0.2) is 5.43 Å². The molecule has 0 saturated carbocycles. The first-order chi connectivity index (χ1) is 13.7. The average molecular weight is 430 g/mol. The third kappa shape index (κ3) is 4.65. The van der Waals surface area contributed by atoms with Gasteiger partial charge in [0.15, 0.2) is 0 Å². The highest BCUT2D eigenvalue weighted by molar-refractivity contribution is 6.36. The van der Waals surface area contributed by atoms with Crippen molar-refractivity contribution < 1.29 is 4.79 Å². The second kappa shape index (κ2) is 8.60. The maximum Gasteiger partial charge on any atom is 0.272 e. The maximum atomic E-state index is 12.3. The number of hydrazone groups is 1. The number of carbonyl (C=O) groups is 1. The Labute approximate surface area is 182 Å². The molecular weight excluding hydrogens is 405 g/mol. The fourth-order valence-electron chi connectivity index (χ4n) is 3.71. The fraction of sp³-hybridized carbons (Fsp3) is 0.304. The molecule has 0 spiro atoms. The second-order valence-corrected chi connectivity index (χ2v) is 8.58. The predicted molar refractivity (Wildman–Crippen MR) is 123 cm³/mol. The Morgan fingerprint density at radius 1 is 1.21 bits per heavy atom. The minimum Gasteiger partial charge on any atom is -0.362 e. The summed E-state index contributed by atoms with van der Waals surface area (Å²) in [5.41, 5.74) is 7.40. The standard InChI is InChI=1S/C23H25Cl2N3O/c1-5-10-28-21-9-6-16(11-19(21)15(2)13-23(28,3)4)14-26-27-22(29)18-8-7-17(24)12-20(18)25/h6-9,11-14H,5,10H2,1-4H3,(H,27,29)/b26-14-. The number of anilines is 1. The number of amides is 1. The van der Waals surface area contributed by atoms with Crippen molar-refractivity contribution in [1.82, 2.24) is 5.43 Å². The van der Waals surface area contributed by atoms with Gasteiger partial charge in [0.05, 0.1) is 22.3 Å². The molecule has 4 nitrogen and oxygen atoms in total. The molecule has 1 amide bonds. The lowest BCUT2D eigenvalue weighted by Crippen LogP contribution is -2.45. The second-order valence-electron chi connectivity index (χ2n) is 7.73. The molecule has 2 aromatic carbocycles. The Morgan fingerprint density at radius 3 is 2.66 bits per heavy atom. The number of carbonyl (C=O) groups excluding carboxylic acids is 1. The Kier molecular flexibility index (Phi) is 6.35. The van der Waals surface area contributed by atoms with Crippen LogP contribution < -0.4 is 10.3 Å². The highest BCUT2D eigenvalue weighted by Gasteiger charge is 2.30. The number of hydrogen-bond donors (Lipinski definition) is 1. The first-order valence-electron chi connectivity index (χ1n) is 9.63. The van der Waals surface area contributed by atoms with Gasteiger partial charge in [-0.2, -0.15) is 5.10 Å². The molecule has 0 aromatic heterocycles. The monoisotopic (exact) mass is 429 g/mol. The zero-order chi connectivity index (χ0) is 21.2. The molecule has 0 aliphatic carbocycles. The number of allylic oxidation sites excluding steroid dienone is 1. The summed E-state index contributed by atoms with van der Waals surface area (Å²) in [4.78, 5) is 14.7. The summed E-state index contributed by atoms with van der Waals surface area (Å²) in [6, 6.07) is 11.0. The lowest BCUT2D eigenvalue weighted by molar-refractivity contribution is 0.0955. The van der Waals surface area contributed by atoms with E-state index in [1.807, 2.05) is 6.07 Å². The Hall–Kier alpha value is -2.30. The van der Waals surface area contributed by atoms with Crippen LogP contribution in [-0.4, -0.2) is 24.2 Å². The molecule has 1 N–H and O–H groups in total. The van der Waals surface area contributed by atoms with Crippen LogP contribution in [-0.2, 0) is 0 Å². The van der Waals surface area contributed by atoms with Gasteiger partial charge in [-0.15, -0.1) is 0 Å². The number of fused-ring (bicyclic) bond motifs is 1. The van der Waals surface area contributed by atoms with Gasteiger partial charge in [0.2, 0.25) is 0 Å². The highest BCUT2D eigenvalue weighted by atomic mass is 35.5. The van der Waals surface area contributed by atoms with Gasteiger partial charge in [-0.1, -0.05) is 42.3 Å². The van der Waals surface area contributed by atoms with Crippen molar-refractivity contribution in [2.24, 2.45) is 5.10 Å². The topological polar surface area (TPSA) is 44.7 Å². The number of rotatable bonds is 5. The van der Waals surface area contributed by atoms with E-state index < -0.39 is 0 Å². The largest absolute Gasteiger partial charge is 0.362 e. The van der Waals surface area contributed by atoms with Crippen LogP contribution in [0.1, 0.15) is 55.6 Å². The van der Waals surface area contributed by atoms with E-state index in [-0.39, 0.29) is 11.4 Å². The van der Waals surface area contributed by atoms with Gasteiger partial charge < -0.3 is 4.90 Å². The number of benzene rings is 2. The van der Waals surface area contributed by atoms with E-state index in [2.05, 4.69) is 61.3 Å². The van der Waals surface area contributed by atoms with Crippen LogP contribution in [0.15, 0.2) is 47.6 Å². The summed E-state index contributed by atoms with van der Waals surface area (Å²) in [5, 5.41) is 4.86. The number of halogens is 2. The maximum absolute atomic E-state index is 12.3. The van der Waals surface area contributed by atoms with Crippen molar-refractivity contribution in [2.45, 2.75) is 39.7 Å². The molecule has 6 heteroatoms. The Bertz CT molecular complexity index is 996.